The van der Waals surface area contributed by atoms with Crippen LogP contribution in [0.3, 0.4) is 0 Å². The molecule has 2 aromatic rings. The predicted molar refractivity (Wildman–Crippen MR) is 133 cm³/mol. The molecule has 0 fully saturated rings. The van der Waals surface area contributed by atoms with Gasteiger partial charge in [-0.05, 0) is 57.2 Å². The number of unbranched alkanes of at least 4 members (excludes halogenated alkanes) is 1. The highest BCUT2D eigenvalue weighted by Gasteiger charge is 2.24. The number of hydrogen-bond donors (Lipinski definition) is 3. The van der Waals surface area contributed by atoms with Gasteiger partial charge >= 0.3 is 5.95 Å². The Kier molecular flexibility index (Phi) is 9.92. The summed E-state index contributed by atoms with van der Waals surface area (Å²) >= 11 is 0. The number of halogens is 1. The number of amides is 1. The number of rotatable bonds is 13. The van der Waals surface area contributed by atoms with Crippen LogP contribution < -0.4 is 15.4 Å². The monoisotopic (exact) mass is 502 g/mol. The highest BCUT2D eigenvalue weighted by atomic mass is 19.1. The molecule has 1 aliphatic rings. The number of aryl methyl sites for hydroxylation is 2. The molecule has 3 rings (SSSR count). The van der Waals surface area contributed by atoms with Gasteiger partial charge in [-0.1, -0.05) is 15.8 Å². The van der Waals surface area contributed by atoms with Gasteiger partial charge in [-0.3, -0.25) is 19.8 Å². The molecule has 0 aromatic carbocycles. The van der Waals surface area contributed by atoms with E-state index in [-0.39, 0.29) is 24.2 Å². The molecule has 0 spiro atoms. The zero-order valence-corrected chi connectivity index (χ0v) is 21.3. The number of carbonyl (C=O) groups excluding carboxylic acids is 2. The first-order valence-electron chi connectivity index (χ1n) is 12.4. The number of hydrogen-bond acceptors (Lipinski definition) is 8. The zero-order chi connectivity index (χ0) is 26.1. The van der Waals surface area contributed by atoms with Gasteiger partial charge in [0.05, 0.1) is 6.54 Å². The van der Waals surface area contributed by atoms with Crippen molar-refractivity contribution in [3.05, 3.63) is 41.6 Å². The summed E-state index contributed by atoms with van der Waals surface area (Å²) in [5.74, 6) is 0.113. The molecular weight excluding hydrogens is 465 g/mol. The van der Waals surface area contributed by atoms with Crippen LogP contribution in [-0.4, -0.2) is 83.0 Å². The van der Waals surface area contributed by atoms with Crippen LogP contribution in [0.4, 0.5) is 16.2 Å². The van der Waals surface area contributed by atoms with Gasteiger partial charge in [0.15, 0.2) is 11.6 Å². The minimum Gasteiger partial charge on any atom is -0.371 e. The summed E-state index contributed by atoms with van der Waals surface area (Å²) in [6.45, 7) is 3.84. The Hall–Kier alpha value is -3.34. The maximum atomic E-state index is 13.2. The molecule has 0 saturated carbocycles. The fourth-order valence-electron chi connectivity index (χ4n) is 4.09. The molecule has 36 heavy (non-hydrogen) atoms. The van der Waals surface area contributed by atoms with Gasteiger partial charge in [0.2, 0.25) is 5.91 Å². The molecule has 0 saturated heterocycles. The number of fused-ring (bicyclic) bond motifs is 1. The van der Waals surface area contributed by atoms with E-state index in [1.807, 2.05) is 4.90 Å². The fraction of sp³-hybridized carbons (Fsp3) is 0.560. The average Bonchev–Trinajstić information content (AvgIpc) is 2.84. The van der Waals surface area contributed by atoms with Crippen molar-refractivity contribution in [2.45, 2.75) is 51.5 Å². The summed E-state index contributed by atoms with van der Waals surface area (Å²) < 4.78 is 13.7. The summed E-state index contributed by atoms with van der Waals surface area (Å²) in [5.41, 5.74) is 2.33. The maximum Gasteiger partial charge on any atom is 0.429 e. The van der Waals surface area contributed by atoms with Crippen LogP contribution >= 0.6 is 0 Å². The Morgan fingerprint density at radius 2 is 2.08 bits per heavy atom. The molecule has 1 amide bonds. The van der Waals surface area contributed by atoms with E-state index in [2.05, 4.69) is 27.8 Å². The number of pyridine rings is 1. The molecule has 0 bridgehead atoms. The highest BCUT2D eigenvalue weighted by molar-refractivity contribution is 5.83. The van der Waals surface area contributed by atoms with Crippen molar-refractivity contribution >= 4 is 23.5 Å². The Bertz CT molecular complexity index is 1050. The first kappa shape index (κ1) is 27.3. The average molecular weight is 503 g/mol. The van der Waals surface area contributed by atoms with Crippen LogP contribution in [0.15, 0.2) is 24.5 Å². The molecule has 2 aromatic heterocycles. The molecule has 1 atom stereocenters. The fourth-order valence-corrected chi connectivity index (χ4v) is 4.09. The van der Waals surface area contributed by atoms with E-state index in [0.29, 0.717) is 24.2 Å². The number of aromatic nitrogens is 3. The van der Waals surface area contributed by atoms with Crippen LogP contribution in [-0.2, 0) is 22.4 Å². The van der Waals surface area contributed by atoms with Gasteiger partial charge in [-0.25, -0.2) is 9.37 Å². The Morgan fingerprint density at radius 1 is 1.28 bits per heavy atom. The number of nitrogens with zero attached hydrogens (tertiary/aromatic N) is 5. The first-order valence-corrected chi connectivity index (χ1v) is 12.4. The maximum absolute atomic E-state index is 13.2. The molecule has 3 N–H and O–H groups in total. The molecule has 0 unspecified atom stereocenters. The van der Waals surface area contributed by atoms with Gasteiger partial charge in [-0.15, -0.1) is 0 Å². The number of Topliss-reactive ketones (excluding diaryl/α,β-unsaturated/α-hetero) is 1. The third-order valence-corrected chi connectivity index (χ3v) is 6.27. The quantitative estimate of drug-likeness (QED) is 0.215. The van der Waals surface area contributed by atoms with Crippen LogP contribution in [0.25, 0.3) is 0 Å². The third kappa shape index (κ3) is 8.11. The van der Waals surface area contributed by atoms with E-state index in [9.17, 15) is 19.2 Å². The number of likely N-dealkylation sites (N-methyl/N-ethyl adjacent to an activating group) is 1. The van der Waals surface area contributed by atoms with Crippen molar-refractivity contribution < 1.29 is 23.9 Å². The van der Waals surface area contributed by atoms with E-state index < -0.39 is 11.9 Å². The van der Waals surface area contributed by atoms with Crippen LogP contribution in [0.1, 0.15) is 43.9 Å². The summed E-state index contributed by atoms with van der Waals surface area (Å²) in [6, 6.07) is 3.61. The Morgan fingerprint density at radius 3 is 2.81 bits per heavy atom. The zero-order valence-electron chi connectivity index (χ0n) is 21.3. The second-order valence-corrected chi connectivity index (χ2v) is 9.40. The minimum atomic E-state index is -0.697. The number of anilines is 2. The number of nitrogens with one attached hydrogen (secondary N) is 2. The minimum absolute atomic E-state index is 0.0156. The molecule has 0 aliphatic carbocycles. The van der Waals surface area contributed by atoms with Crippen LogP contribution in [0, 0.1) is 5.82 Å². The topological polar surface area (TPSA) is 115 Å². The van der Waals surface area contributed by atoms with Crippen molar-refractivity contribution in [3.63, 3.8) is 0 Å². The summed E-state index contributed by atoms with van der Waals surface area (Å²) in [6.07, 6.45) is 7.08. The lowest BCUT2D eigenvalue weighted by Crippen LogP contribution is -2.43. The van der Waals surface area contributed by atoms with Gasteiger partial charge in [0.25, 0.3) is 0 Å². The summed E-state index contributed by atoms with van der Waals surface area (Å²) in [4.78, 5) is 36.8. The molecular formula is C25H37FN7O3+. The van der Waals surface area contributed by atoms with Crippen molar-refractivity contribution in [3.8, 4) is 0 Å². The lowest BCUT2D eigenvalue weighted by atomic mass is 10.1. The first-order chi connectivity index (χ1) is 17.2. The molecule has 0 radical (unpaired) electrons. The lowest BCUT2D eigenvalue weighted by molar-refractivity contribution is -0.896. The normalized spacial score (nSPS) is 13.6. The number of ketones is 1. The summed E-state index contributed by atoms with van der Waals surface area (Å²) in [5, 5.41) is 16.1. The smallest absolute Gasteiger partial charge is 0.371 e. The van der Waals surface area contributed by atoms with Gasteiger partial charge in [0.1, 0.15) is 24.3 Å². The molecule has 1 aliphatic heterocycles. The van der Waals surface area contributed by atoms with E-state index in [1.165, 1.54) is 12.5 Å². The summed E-state index contributed by atoms with van der Waals surface area (Å²) in [7, 11) is 3.44. The predicted octanol–water partition coefficient (Wildman–Crippen LogP) is 1.67. The van der Waals surface area contributed by atoms with Crippen molar-refractivity contribution in [2.75, 3.05) is 50.9 Å². The molecule has 11 heteroatoms. The van der Waals surface area contributed by atoms with E-state index >= 15 is 0 Å². The van der Waals surface area contributed by atoms with Crippen LogP contribution in [0.5, 0.6) is 0 Å². The van der Waals surface area contributed by atoms with Crippen molar-refractivity contribution in [1.82, 2.24) is 19.8 Å². The second kappa shape index (κ2) is 13.1. The van der Waals surface area contributed by atoms with E-state index in [0.717, 1.165) is 62.6 Å². The van der Waals surface area contributed by atoms with Crippen LogP contribution in [0.2, 0.25) is 0 Å². The molecule has 10 nitrogen and oxygen atoms in total. The molecule has 196 valence electrons. The van der Waals surface area contributed by atoms with Gasteiger partial charge in [0, 0.05) is 39.3 Å². The highest BCUT2D eigenvalue weighted by Crippen LogP contribution is 2.20. The number of carbonyl (C=O) groups is 2. The largest absolute Gasteiger partial charge is 0.429 e. The van der Waals surface area contributed by atoms with E-state index in [4.69, 9.17) is 4.98 Å². The van der Waals surface area contributed by atoms with E-state index in [1.54, 1.807) is 19.0 Å². The lowest BCUT2D eigenvalue weighted by Gasteiger charge is -2.25. The SMILES string of the molecule is CC(=O)[C@H](CCN(CCCCc1ccc2c(n1)NCCC2)CC(=O)N(C)C)Nc1ncc(F)c[n+]1O. The van der Waals surface area contributed by atoms with Crippen molar-refractivity contribution in [2.24, 2.45) is 0 Å². The van der Waals surface area contributed by atoms with Gasteiger partial charge < -0.3 is 15.4 Å². The van der Waals surface area contributed by atoms with Gasteiger partial charge in [-0.2, -0.15) is 0 Å². The van der Waals surface area contributed by atoms with Crippen molar-refractivity contribution in [1.29, 1.82) is 0 Å². The standard InChI is InChI=1S/C25H36FN7O3/c1-18(34)22(30-25-28-15-20(26)16-33(25)36)11-14-32(17-23(35)31(2)3)13-5-4-8-21-10-9-19-7-6-12-27-24(19)29-21/h9-10,15-16,22,36H,4-8,11-14,17H2,1-3H3,(H,27,29)/p+1/t22-/m0/s1. The second-order valence-electron chi connectivity index (χ2n) is 9.40. The molecule has 3 heterocycles. The Labute approximate surface area is 211 Å². The third-order valence-electron chi connectivity index (χ3n) is 6.27. The Balaban J connectivity index is 1.54.